The van der Waals surface area contributed by atoms with Crippen molar-refractivity contribution >= 4 is 29.0 Å². The van der Waals surface area contributed by atoms with Crippen LogP contribution in [0.4, 0.5) is 11.4 Å². The molecule has 1 aliphatic carbocycles. The number of nitrogens with one attached hydrogen (secondary N) is 1. The standard InChI is InChI=1S/C21H20N2O6/c24-19(16-5-4-14-2-1-3-15(14)12-16)10-11-21(26)29-13-20(25)22-17-6-8-18(9-7-17)23(27)28/h4-9,12H,1-3,10-11,13H2,(H,22,25). The van der Waals surface area contributed by atoms with Gasteiger partial charge < -0.3 is 10.1 Å². The van der Waals surface area contributed by atoms with Crippen molar-refractivity contribution in [2.75, 3.05) is 11.9 Å². The first-order chi connectivity index (χ1) is 13.9. The van der Waals surface area contributed by atoms with Gasteiger partial charge in [-0.25, -0.2) is 0 Å². The van der Waals surface area contributed by atoms with E-state index in [4.69, 9.17) is 4.74 Å². The molecule has 8 nitrogen and oxygen atoms in total. The number of ketones is 1. The zero-order valence-corrected chi connectivity index (χ0v) is 15.7. The number of rotatable bonds is 8. The third kappa shape index (κ3) is 5.47. The number of nitro groups is 1. The molecule has 0 saturated heterocycles. The fraction of sp³-hybridized carbons (Fsp3) is 0.286. The van der Waals surface area contributed by atoms with Crippen LogP contribution in [0.3, 0.4) is 0 Å². The first-order valence-electron chi connectivity index (χ1n) is 9.27. The summed E-state index contributed by atoms with van der Waals surface area (Å²) >= 11 is 0. The van der Waals surface area contributed by atoms with Gasteiger partial charge >= 0.3 is 5.97 Å². The monoisotopic (exact) mass is 396 g/mol. The smallest absolute Gasteiger partial charge is 0.306 e. The zero-order chi connectivity index (χ0) is 20.8. The molecule has 0 spiro atoms. The number of fused-ring (bicyclic) bond motifs is 1. The molecule has 0 unspecified atom stereocenters. The van der Waals surface area contributed by atoms with Gasteiger partial charge in [0.25, 0.3) is 11.6 Å². The average Bonchev–Trinajstić information content (AvgIpc) is 3.18. The van der Waals surface area contributed by atoms with Gasteiger partial charge in [-0.15, -0.1) is 0 Å². The maximum atomic E-state index is 12.3. The summed E-state index contributed by atoms with van der Waals surface area (Å²) < 4.78 is 4.89. The molecule has 29 heavy (non-hydrogen) atoms. The van der Waals surface area contributed by atoms with E-state index >= 15 is 0 Å². The molecule has 0 heterocycles. The predicted octanol–water partition coefficient (Wildman–Crippen LogP) is 3.23. The molecule has 0 aliphatic heterocycles. The number of carbonyl (C=O) groups excluding carboxylic acids is 3. The van der Waals surface area contributed by atoms with Gasteiger partial charge in [0.05, 0.1) is 11.3 Å². The van der Waals surface area contributed by atoms with E-state index < -0.39 is 23.4 Å². The number of nitro benzene ring substituents is 1. The largest absolute Gasteiger partial charge is 0.456 e. The third-order valence-corrected chi connectivity index (χ3v) is 4.70. The number of Topliss-reactive ketones (excluding diaryl/α,β-unsaturated/α-hetero) is 1. The van der Waals surface area contributed by atoms with Crippen LogP contribution in [-0.2, 0) is 27.2 Å². The number of non-ortho nitro benzene ring substituents is 1. The van der Waals surface area contributed by atoms with Crippen LogP contribution >= 0.6 is 0 Å². The van der Waals surface area contributed by atoms with Gasteiger partial charge in [0.2, 0.25) is 0 Å². The van der Waals surface area contributed by atoms with Gasteiger partial charge in [0.15, 0.2) is 12.4 Å². The molecule has 0 fully saturated rings. The molecule has 8 heteroatoms. The maximum Gasteiger partial charge on any atom is 0.306 e. The summed E-state index contributed by atoms with van der Waals surface area (Å²) in [5, 5.41) is 13.1. The molecule has 2 aromatic rings. The van der Waals surface area contributed by atoms with Gasteiger partial charge in [-0.3, -0.25) is 24.5 Å². The SMILES string of the molecule is O=C(COC(=O)CCC(=O)c1ccc2c(c1)CCC2)Nc1ccc([N+](=O)[O-])cc1. The van der Waals surface area contributed by atoms with E-state index in [9.17, 15) is 24.5 Å². The molecule has 0 radical (unpaired) electrons. The highest BCUT2D eigenvalue weighted by atomic mass is 16.6. The molecule has 0 aromatic heterocycles. The van der Waals surface area contributed by atoms with Crippen LogP contribution in [0.5, 0.6) is 0 Å². The first kappa shape index (κ1) is 20.2. The number of amides is 1. The zero-order valence-electron chi connectivity index (χ0n) is 15.7. The van der Waals surface area contributed by atoms with Crippen LogP contribution in [0.1, 0.15) is 40.7 Å². The average molecular weight is 396 g/mol. The van der Waals surface area contributed by atoms with Gasteiger partial charge in [-0.2, -0.15) is 0 Å². The van der Waals surface area contributed by atoms with E-state index in [2.05, 4.69) is 5.32 Å². The van der Waals surface area contributed by atoms with Crippen molar-refractivity contribution in [3.63, 3.8) is 0 Å². The number of carbonyl (C=O) groups is 3. The first-order valence-corrected chi connectivity index (χ1v) is 9.27. The summed E-state index contributed by atoms with van der Waals surface area (Å²) in [6.45, 7) is -0.497. The lowest BCUT2D eigenvalue weighted by Gasteiger charge is -2.07. The second-order valence-electron chi connectivity index (χ2n) is 6.77. The van der Waals surface area contributed by atoms with Gasteiger partial charge in [-0.05, 0) is 48.6 Å². The molecule has 2 aromatic carbocycles. The van der Waals surface area contributed by atoms with Gasteiger partial charge in [-0.1, -0.05) is 12.1 Å². The van der Waals surface area contributed by atoms with Crippen molar-refractivity contribution in [3.05, 3.63) is 69.3 Å². The summed E-state index contributed by atoms with van der Waals surface area (Å²) in [6.07, 6.45) is 3.02. The van der Waals surface area contributed by atoms with Crippen LogP contribution in [0, 0.1) is 10.1 Å². The van der Waals surface area contributed by atoms with Crippen molar-refractivity contribution in [3.8, 4) is 0 Å². The number of aryl methyl sites for hydroxylation is 2. The van der Waals surface area contributed by atoms with Crippen molar-refractivity contribution in [1.29, 1.82) is 0 Å². The van der Waals surface area contributed by atoms with Crippen LogP contribution in [0.15, 0.2) is 42.5 Å². The highest BCUT2D eigenvalue weighted by molar-refractivity contribution is 5.98. The Labute approximate surface area is 167 Å². The Hall–Kier alpha value is -3.55. The van der Waals surface area contributed by atoms with E-state index in [0.29, 0.717) is 11.3 Å². The molecular weight excluding hydrogens is 376 g/mol. The van der Waals surface area contributed by atoms with E-state index in [1.54, 1.807) is 6.07 Å². The third-order valence-electron chi connectivity index (χ3n) is 4.70. The number of hydrogen-bond acceptors (Lipinski definition) is 6. The van der Waals surface area contributed by atoms with Gasteiger partial charge in [0, 0.05) is 29.8 Å². The molecule has 150 valence electrons. The van der Waals surface area contributed by atoms with Crippen LogP contribution in [0.2, 0.25) is 0 Å². The number of hydrogen-bond donors (Lipinski definition) is 1. The highest BCUT2D eigenvalue weighted by Gasteiger charge is 2.16. The Morgan fingerprint density at radius 3 is 2.45 bits per heavy atom. The molecule has 1 N–H and O–H groups in total. The number of benzene rings is 2. The van der Waals surface area contributed by atoms with E-state index in [0.717, 1.165) is 19.3 Å². The Morgan fingerprint density at radius 2 is 1.72 bits per heavy atom. The second-order valence-corrected chi connectivity index (χ2v) is 6.77. The summed E-state index contributed by atoms with van der Waals surface area (Å²) in [5.74, 6) is -1.34. The molecule has 1 aliphatic rings. The molecule has 0 saturated carbocycles. The van der Waals surface area contributed by atoms with Crippen LogP contribution in [-0.4, -0.2) is 29.2 Å². The van der Waals surface area contributed by atoms with Crippen LogP contribution in [0.25, 0.3) is 0 Å². The van der Waals surface area contributed by atoms with Crippen LogP contribution < -0.4 is 5.32 Å². The highest BCUT2D eigenvalue weighted by Crippen LogP contribution is 2.23. The van der Waals surface area contributed by atoms with E-state index in [-0.39, 0.29) is 24.3 Å². The second kappa shape index (κ2) is 9.09. The minimum atomic E-state index is -0.640. The topological polar surface area (TPSA) is 116 Å². The van der Waals surface area contributed by atoms with Crippen molar-refractivity contribution in [1.82, 2.24) is 0 Å². The lowest BCUT2D eigenvalue weighted by Crippen LogP contribution is -2.21. The van der Waals surface area contributed by atoms with Crippen molar-refractivity contribution < 1.29 is 24.0 Å². The molecular formula is C21H20N2O6. The molecule has 1 amide bonds. The fourth-order valence-electron chi connectivity index (χ4n) is 3.19. The van der Waals surface area contributed by atoms with E-state index in [1.807, 2.05) is 12.1 Å². The van der Waals surface area contributed by atoms with Crippen molar-refractivity contribution in [2.45, 2.75) is 32.1 Å². The van der Waals surface area contributed by atoms with E-state index in [1.165, 1.54) is 35.4 Å². The Kier molecular flexibility index (Phi) is 6.33. The maximum absolute atomic E-state index is 12.3. The minimum Gasteiger partial charge on any atom is -0.456 e. The number of esters is 1. The lowest BCUT2D eigenvalue weighted by molar-refractivity contribution is -0.384. The normalized spacial score (nSPS) is 12.1. The predicted molar refractivity (Wildman–Crippen MR) is 105 cm³/mol. The summed E-state index contributed by atoms with van der Waals surface area (Å²) in [6, 6.07) is 10.9. The lowest BCUT2D eigenvalue weighted by atomic mass is 10.0. The quantitative estimate of drug-likeness (QED) is 0.317. The molecule has 0 bridgehead atoms. The number of anilines is 1. The minimum absolute atomic E-state index is 0.0155. The number of ether oxygens (including phenoxy) is 1. The summed E-state index contributed by atoms with van der Waals surface area (Å²) in [4.78, 5) is 46.0. The van der Waals surface area contributed by atoms with Gasteiger partial charge in [0.1, 0.15) is 0 Å². The fourth-order valence-corrected chi connectivity index (χ4v) is 3.19. The summed E-state index contributed by atoms with van der Waals surface area (Å²) in [7, 11) is 0. The Morgan fingerprint density at radius 1 is 1.00 bits per heavy atom. The molecule has 0 atom stereocenters. The Bertz CT molecular complexity index is 952. The summed E-state index contributed by atoms with van der Waals surface area (Å²) in [5.41, 5.74) is 3.32. The van der Waals surface area contributed by atoms with Crippen molar-refractivity contribution in [2.24, 2.45) is 0 Å². The Balaban J connectivity index is 1.40. The molecule has 3 rings (SSSR count). The number of nitrogens with zero attached hydrogens (tertiary/aromatic N) is 1.